The number of hydrogen-bond donors (Lipinski definition) is 1. The Morgan fingerprint density at radius 1 is 1.60 bits per heavy atom. The normalized spacial score (nSPS) is 18.8. The first-order valence-electron chi connectivity index (χ1n) is 5.94. The summed E-state index contributed by atoms with van der Waals surface area (Å²) in [6, 6.07) is 0. The highest BCUT2D eigenvalue weighted by molar-refractivity contribution is 7.09. The summed E-state index contributed by atoms with van der Waals surface area (Å²) in [7, 11) is 0. The van der Waals surface area contributed by atoms with Gasteiger partial charge in [-0.2, -0.15) is 0 Å². The molecular weight excluding hydrogens is 204 g/mol. The maximum absolute atomic E-state index is 5.60. The van der Waals surface area contributed by atoms with E-state index in [1.54, 1.807) is 0 Å². The molecule has 0 aromatic carbocycles. The Kier molecular flexibility index (Phi) is 3.76. The second kappa shape index (κ2) is 5.08. The van der Waals surface area contributed by atoms with E-state index < -0.39 is 0 Å². The number of thiazole rings is 1. The van der Waals surface area contributed by atoms with Crippen LogP contribution in [-0.2, 0) is 6.42 Å². The number of nitrogens with zero attached hydrogens (tertiary/aromatic N) is 1. The van der Waals surface area contributed by atoms with Gasteiger partial charge >= 0.3 is 0 Å². The lowest BCUT2D eigenvalue weighted by Gasteiger charge is -2.23. The van der Waals surface area contributed by atoms with Crippen LogP contribution in [0.3, 0.4) is 0 Å². The van der Waals surface area contributed by atoms with Crippen LogP contribution < -0.4 is 5.73 Å². The van der Waals surface area contributed by atoms with Gasteiger partial charge in [-0.15, -0.1) is 11.3 Å². The molecule has 0 aliphatic heterocycles. The van der Waals surface area contributed by atoms with Crippen LogP contribution in [0.25, 0.3) is 0 Å². The molecule has 0 radical (unpaired) electrons. The molecule has 1 aromatic rings. The van der Waals surface area contributed by atoms with Gasteiger partial charge in [-0.3, -0.25) is 0 Å². The van der Waals surface area contributed by atoms with Crippen LogP contribution in [0.5, 0.6) is 0 Å². The van der Waals surface area contributed by atoms with Crippen molar-refractivity contribution < 1.29 is 0 Å². The standard InChI is InChI=1S/C12H20N2S/c1-9(7-13)5-6-12-14-11(8-15-12)10-3-2-4-10/h8-10H,2-7,13H2,1H3. The smallest absolute Gasteiger partial charge is 0.0928 e. The summed E-state index contributed by atoms with van der Waals surface area (Å²) in [5.41, 5.74) is 6.95. The highest BCUT2D eigenvalue weighted by Gasteiger charge is 2.21. The van der Waals surface area contributed by atoms with E-state index in [-0.39, 0.29) is 0 Å². The van der Waals surface area contributed by atoms with Crippen LogP contribution in [0.4, 0.5) is 0 Å². The minimum Gasteiger partial charge on any atom is -0.330 e. The van der Waals surface area contributed by atoms with Crippen molar-refractivity contribution in [3.8, 4) is 0 Å². The van der Waals surface area contributed by atoms with E-state index in [0.717, 1.165) is 18.9 Å². The fourth-order valence-corrected chi connectivity index (χ4v) is 2.71. The molecule has 3 heteroatoms. The van der Waals surface area contributed by atoms with Gasteiger partial charge in [0.2, 0.25) is 0 Å². The number of hydrogen-bond acceptors (Lipinski definition) is 3. The average Bonchev–Trinajstić information content (AvgIpc) is 2.60. The van der Waals surface area contributed by atoms with Crippen molar-refractivity contribution in [2.75, 3.05) is 6.54 Å². The molecule has 15 heavy (non-hydrogen) atoms. The van der Waals surface area contributed by atoms with E-state index in [4.69, 9.17) is 10.7 Å². The van der Waals surface area contributed by atoms with Gasteiger partial charge < -0.3 is 5.73 Å². The Morgan fingerprint density at radius 2 is 2.40 bits per heavy atom. The third-order valence-electron chi connectivity index (χ3n) is 3.35. The molecule has 0 saturated heterocycles. The van der Waals surface area contributed by atoms with Crippen molar-refractivity contribution in [3.63, 3.8) is 0 Å². The van der Waals surface area contributed by atoms with Crippen LogP contribution in [0, 0.1) is 5.92 Å². The quantitative estimate of drug-likeness (QED) is 0.835. The zero-order chi connectivity index (χ0) is 10.7. The van der Waals surface area contributed by atoms with E-state index in [2.05, 4.69) is 12.3 Å². The Morgan fingerprint density at radius 3 is 3.00 bits per heavy atom. The lowest BCUT2D eigenvalue weighted by atomic mass is 9.83. The summed E-state index contributed by atoms with van der Waals surface area (Å²) < 4.78 is 0. The summed E-state index contributed by atoms with van der Waals surface area (Å²) in [5.74, 6) is 1.41. The van der Waals surface area contributed by atoms with Crippen LogP contribution in [-0.4, -0.2) is 11.5 Å². The van der Waals surface area contributed by atoms with Gasteiger partial charge in [0.15, 0.2) is 0 Å². The Balaban J connectivity index is 1.84. The minimum absolute atomic E-state index is 0.626. The second-order valence-electron chi connectivity index (χ2n) is 4.67. The first-order valence-corrected chi connectivity index (χ1v) is 6.82. The molecule has 1 fully saturated rings. The molecule has 1 aliphatic rings. The first kappa shape index (κ1) is 11.1. The van der Waals surface area contributed by atoms with Crippen molar-refractivity contribution in [2.24, 2.45) is 11.7 Å². The summed E-state index contributed by atoms with van der Waals surface area (Å²) in [4.78, 5) is 4.72. The van der Waals surface area contributed by atoms with Crippen LogP contribution >= 0.6 is 11.3 Å². The Hall–Kier alpha value is -0.410. The summed E-state index contributed by atoms with van der Waals surface area (Å²) in [6.07, 6.45) is 6.37. The van der Waals surface area contributed by atoms with Gasteiger partial charge in [-0.1, -0.05) is 13.3 Å². The van der Waals surface area contributed by atoms with E-state index >= 15 is 0 Å². The predicted molar refractivity (Wildman–Crippen MR) is 65.2 cm³/mol. The molecule has 1 aliphatic carbocycles. The summed E-state index contributed by atoms with van der Waals surface area (Å²) >= 11 is 1.83. The van der Waals surface area contributed by atoms with Crippen LogP contribution in [0.1, 0.15) is 49.2 Å². The van der Waals surface area contributed by atoms with E-state index in [0.29, 0.717) is 5.92 Å². The van der Waals surface area contributed by atoms with Crippen LogP contribution in [0.2, 0.25) is 0 Å². The molecule has 1 atom stereocenters. The molecule has 2 rings (SSSR count). The molecule has 2 N–H and O–H groups in total. The Labute approximate surface area is 95.9 Å². The third-order valence-corrected chi connectivity index (χ3v) is 4.27. The van der Waals surface area contributed by atoms with Gasteiger partial charge in [0.05, 0.1) is 10.7 Å². The molecule has 1 saturated carbocycles. The summed E-state index contributed by atoms with van der Waals surface area (Å²) in [5, 5.41) is 3.56. The van der Waals surface area contributed by atoms with Crippen LogP contribution in [0.15, 0.2) is 5.38 Å². The Bertz CT molecular complexity index is 304. The van der Waals surface area contributed by atoms with Crippen molar-refractivity contribution in [3.05, 3.63) is 16.1 Å². The molecular formula is C12H20N2S. The number of nitrogens with two attached hydrogens (primary N) is 1. The zero-order valence-corrected chi connectivity index (χ0v) is 10.2. The maximum atomic E-state index is 5.60. The number of aromatic nitrogens is 1. The third kappa shape index (κ3) is 2.79. The highest BCUT2D eigenvalue weighted by Crippen LogP contribution is 2.36. The zero-order valence-electron chi connectivity index (χ0n) is 9.41. The van der Waals surface area contributed by atoms with Gasteiger partial charge in [-0.05, 0) is 38.1 Å². The molecule has 0 amide bonds. The predicted octanol–water partition coefficient (Wildman–Crippen LogP) is 2.94. The number of aryl methyl sites for hydroxylation is 1. The van der Waals surface area contributed by atoms with Gasteiger partial charge in [-0.25, -0.2) is 4.98 Å². The molecule has 1 heterocycles. The van der Waals surface area contributed by atoms with E-state index in [1.807, 2.05) is 11.3 Å². The van der Waals surface area contributed by atoms with Gasteiger partial charge in [0, 0.05) is 11.3 Å². The SMILES string of the molecule is CC(CN)CCc1nc(C2CCC2)cs1. The first-order chi connectivity index (χ1) is 7.29. The van der Waals surface area contributed by atoms with Gasteiger partial charge in [0.25, 0.3) is 0 Å². The van der Waals surface area contributed by atoms with E-state index in [1.165, 1.54) is 36.4 Å². The van der Waals surface area contributed by atoms with Crippen molar-refractivity contribution >= 4 is 11.3 Å². The monoisotopic (exact) mass is 224 g/mol. The minimum atomic E-state index is 0.626. The lowest BCUT2D eigenvalue weighted by molar-refractivity contribution is 0.412. The molecule has 84 valence electrons. The summed E-state index contributed by atoms with van der Waals surface area (Å²) in [6.45, 7) is 3.00. The van der Waals surface area contributed by atoms with Gasteiger partial charge in [0.1, 0.15) is 0 Å². The highest BCUT2D eigenvalue weighted by atomic mass is 32.1. The van der Waals surface area contributed by atoms with Crippen molar-refractivity contribution in [2.45, 2.75) is 44.9 Å². The molecule has 0 spiro atoms. The van der Waals surface area contributed by atoms with Crippen molar-refractivity contribution in [1.82, 2.24) is 4.98 Å². The van der Waals surface area contributed by atoms with E-state index in [9.17, 15) is 0 Å². The molecule has 1 aromatic heterocycles. The maximum Gasteiger partial charge on any atom is 0.0928 e. The second-order valence-corrected chi connectivity index (χ2v) is 5.62. The fraction of sp³-hybridized carbons (Fsp3) is 0.750. The fourth-order valence-electron chi connectivity index (χ4n) is 1.82. The topological polar surface area (TPSA) is 38.9 Å². The lowest BCUT2D eigenvalue weighted by Crippen LogP contribution is -2.11. The largest absolute Gasteiger partial charge is 0.330 e. The van der Waals surface area contributed by atoms with Crippen molar-refractivity contribution in [1.29, 1.82) is 0 Å². The molecule has 2 nitrogen and oxygen atoms in total. The molecule has 1 unspecified atom stereocenters. The average molecular weight is 224 g/mol. The number of rotatable bonds is 5. The molecule has 0 bridgehead atoms.